The topological polar surface area (TPSA) is 21.8 Å². The van der Waals surface area contributed by atoms with Gasteiger partial charge in [0, 0.05) is 5.56 Å². The maximum absolute atomic E-state index is 5.67. The van der Waals surface area contributed by atoms with E-state index in [4.69, 9.17) is 9.47 Å². The van der Waals surface area contributed by atoms with Gasteiger partial charge in [-0.15, -0.1) is 0 Å². The lowest BCUT2D eigenvalue weighted by molar-refractivity contribution is 0.237. The van der Waals surface area contributed by atoms with E-state index in [1.165, 1.54) is 5.56 Å². The Bertz CT molecular complexity index is 290. The Balaban J connectivity index is 2.21. The molecule has 0 amide bonds. The summed E-state index contributed by atoms with van der Waals surface area (Å²) in [6.07, 6.45) is 0.495. The maximum atomic E-state index is 5.67. The van der Waals surface area contributed by atoms with E-state index in [0.29, 0.717) is 0 Å². The third-order valence-electron chi connectivity index (χ3n) is 1.96. The van der Waals surface area contributed by atoms with Crippen molar-refractivity contribution in [3.05, 3.63) is 29.8 Å². The Morgan fingerprint density at radius 2 is 2.08 bits per heavy atom. The van der Waals surface area contributed by atoms with Crippen molar-refractivity contribution in [2.45, 2.75) is 26.1 Å². The van der Waals surface area contributed by atoms with Crippen molar-refractivity contribution in [3.63, 3.8) is 0 Å². The standard InChI is InChI=1S/C11H14O2/c1-8(2)13-10-6-4-3-5-9(10)11-7-12-11/h3-6,8,11H,7H2,1-2H3/t11-/m0/s1. The van der Waals surface area contributed by atoms with Gasteiger partial charge >= 0.3 is 0 Å². The fourth-order valence-corrected chi connectivity index (χ4v) is 1.34. The molecule has 1 aliphatic heterocycles. The van der Waals surface area contributed by atoms with Gasteiger partial charge < -0.3 is 9.47 Å². The molecule has 1 saturated heterocycles. The normalized spacial score (nSPS) is 20.4. The van der Waals surface area contributed by atoms with E-state index in [9.17, 15) is 0 Å². The Morgan fingerprint density at radius 3 is 2.69 bits per heavy atom. The van der Waals surface area contributed by atoms with Crippen molar-refractivity contribution in [2.75, 3.05) is 6.61 Å². The second kappa shape index (κ2) is 3.38. The van der Waals surface area contributed by atoms with Crippen LogP contribution in [0.15, 0.2) is 24.3 Å². The smallest absolute Gasteiger partial charge is 0.125 e. The van der Waals surface area contributed by atoms with E-state index < -0.39 is 0 Å². The third-order valence-corrected chi connectivity index (χ3v) is 1.96. The second-order valence-electron chi connectivity index (χ2n) is 3.53. The molecule has 70 valence electrons. The average Bonchev–Trinajstić information content (AvgIpc) is 2.87. The number of para-hydroxylation sites is 1. The van der Waals surface area contributed by atoms with Gasteiger partial charge in [-0.1, -0.05) is 18.2 Å². The number of rotatable bonds is 3. The molecule has 0 N–H and O–H groups in total. The Labute approximate surface area is 78.5 Å². The van der Waals surface area contributed by atoms with Crippen LogP contribution in [0.1, 0.15) is 25.5 Å². The minimum Gasteiger partial charge on any atom is -0.491 e. The molecule has 13 heavy (non-hydrogen) atoms. The molecule has 0 aliphatic carbocycles. The molecule has 0 radical (unpaired) electrons. The van der Waals surface area contributed by atoms with Crippen molar-refractivity contribution in [1.82, 2.24) is 0 Å². The number of benzene rings is 1. The minimum absolute atomic E-state index is 0.222. The Morgan fingerprint density at radius 1 is 1.38 bits per heavy atom. The maximum Gasteiger partial charge on any atom is 0.125 e. The molecule has 1 atom stereocenters. The highest BCUT2D eigenvalue weighted by atomic mass is 16.6. The molecular weight excluding hydrogens is 164 g/mol. The van der Waals surface area contributed by atoms with E-state index in [0.717, 1.165) is 12.4 Å². The first-order valence-electron chi connectivity index (χ1n) is 4.64. The molecule has 0 bridgehead atoms. The van der Waals surface area contributed by atoms with E-state index >= 15 is 0 Å². The van der Waals surface area contributed by atoms with Gasteiger partial charge in [-0.25, -0.2) is 0 Å². The highest BCUT2D eigenvalue weighted by Gasteiger charge is 2.27. The van der Waals surface area contributed by atoms with E-state index in [1.54, 1.807) is 0 Å². The largest absolute Gasteiger partial charge is 0.491 e. The quantitative estimate of drug-likeness (QED) is 0.663. The van der Waals surface area contributed by atoms with Crippen LogP contribution in [-0.4, -0.2) is 12.7 Å². The average molecular weight is 178 g/mol. The SMILES string of the molecule is CC(C)Oc1ccccc1[C@@H]1CO1. The van der Waals surface area contributed by atoms with Crippen LogP contribution >= 0.6 is 0 Å². The first-order valence-corrected chi connectivity index (χ1v) is 4.64. The van der Waals surface area contributed by atoms with Gasteiger partial charge in [-0.05, 0) is 19.9 Å². The van der Waals surface area contributed by atoms with Gasteiger partial charge in [-0.2, -0.15) is 0 Å². The summed E-state index contributed by atoms with van der Waals surface area (Å²) in [5, 5.41) is 0. The van der Waals surface area contributed by atoms with Gasteiger partial charge in [0.15, 0.2) is 0 Å². The van der Waals surface area contributed by atoms with Gasteiger partial charge in [0.1, 0.15) is 11.9 Å². The fraction of sp³-hybridized carbons (Fsp3) is 0.455. The van der Waals surface area contributed by atoms with Gasteiger partial charge in [0.05, 0.1) is 12.7 Å². The van der Waals surface area contributed by atoms with Crippen LogP contribution in [0.3, 0.4) is 0 Å². The molecule has 1 heterocycles. The van der Waals surface area contributed by atoms with Crippen molar-refractivity contribution in [2.24, 2.45) is 0 Å². The summed E-state index contributed by atoms with van der Waals surface area (Å²) < 4.78 is 10.9. The summed E-state index contributed by atoms with van der Waals surface area (Å²) in [4.78, 5) is 0. The van der Waals surface area contributed by atoms with Crippen molar-refractivity contribution in [1.29, 1.82) is 0 Å². The summed E-state index contributed by atoms with van der Waals surface area (Å²) in [5.74, 6) is 0.958. The number of hydrogen-bond acceptors (Lipinski definition) is 2. The fourth-order valence-electron chi connectivity index (χ4n) is 1.34. The van der Waals surface area contributed by atoms with Gasteiger partial charge in [-0.3, -0.25) is 0 Å². The lowest BCUT2D eigenvalue weighted by Crippen LogP contribution is -2.07. The molecule has 1 aliphatic rings. The highest BCUT2D eigenvalue weighted by molar-refractivity contribution is 5.36. The molecule has 0 spiro atoms. The van der Waals surface area contributed by atoms with Crippen LogP contribution < -0.4 is 4.74 Å². The first-order chi connectivity index (χ1) is 6.27. The number of ether oxygens (including phenoxy) is 2. The molecule has 2 heteroatoms. The summed E-state index contributed by atoms with van der Waals surface area (Å²) >= 11 is 0. The van der Waals surface area contributed by atoms with Crippen LogP contribution in [0.2, 0.25) is 0 Å². The molecule has 0 unspecified atom stereocenters. The van der Waals surface area contributed by atoms with Crippen molar-refractivity contribution >= 4 is 0 Å². The minimum atomic E-state index is 0.222. The number of epoxide rings is 1. The molecule has 1 fully saturated rings. The Kier molecular flexibility index (Phi) is 2.23. The summed E-state index contributed by atoms with van der Waals surface area (Å²) in [6, 6.07) is 8.07. The predicted octanol–water partition coefficient (Wildman–Crippen LogP) is 2.55. The molecule has 1 aromatic carbocycles. The monoisotopic (exact) mass is 178 g/mol. The lowest BCUT2D eigenvalue weighted by atomic mass is 10.1. The van der Waals surface area contributed by atoms with Crippen LogP contribution in [0, 0.1) is 0 Å². The van der Waals surface area contributed by atoms with Crippen LogP contribution in [0.4, 0.5) is 0 Å². The summed E-state index contributed by atoms with van der Waals surface area (Å²) in [5.41, 5.74) is 1.18. The van der Waals surface area contributed by atoms with Gasteiger partial charge in [0.2, 0.25) is 0 Å². The van der Waals surface area contributed by atoms with Crippen molar-refractivity contribution < 1.29 is 9.47 Å². The highest BCUT2D eigenvalue weighted by Crippen LogP contribution is 2.36. The van der Waals surface area contributed by atoms with Crippen LogP contribution in [0.25, 0.3) is 0 Å². The second-order valence-corrected chi connectivity index (χ2v) is 3.53. The Hall–Kier alpha value is -1.02. The lowest BCUT2D eigenvalue weighted by Gasteiger charge is -2.12. The van der Waals surface area contributed by atoms with Gasteiger partial charge in [0.25, 0.3) is 0 Å². The van der Waals surface area contributed by atoms with E-state index in [2.05, 4.69) is 6.07 Å². The predicted molar refractivity (Wildman–Crippen MR) is 50.9 cm³/mol. The summed E-state index contributed by atoms with van der Waals surface area (Å²) in [6.45, 7) is 4.90. The first kappa shape index (κ1) is 8.57. The van der Waals surface area contributed by atoms with Crippen LogP contribution in [0.5, 0.6) is 5.75 Å². The zero-order valence-corrected chi connectivity index (χ0v) is 7.99. The zero-order valence-electron chi connectivity index (χ0n) is 7.99. The molecule has 0 aromatic heterocycles. The molecule has 2 nitrogen and oxygen atoms in total. The van der Waals surface area contributed by atoms with E-state index in [1.807, 2.05) is 32.0 Å². The third kappa shape index (κ3) is 2.01. The molecule has 0 saturated carbocycles. The number of hydrogen-bond donors (Lipinski definition) is 0. The van der Waals surface area contributed by atoms with Crippen LogP contribution in [-0.2, 0) is 4.74 Å². The molecular formula is C11H14O2. The van der Waals surface area contributed by atoms with Crippen molar-refractivity contribution in [3.8, 4) is 5.75 Å². The zero-order chi connectivity index (χ0) is 9.26. The molecule has 1 aromatic rings. The summed E-state index contributed by atoms with van der Waals surface area (Å²) in [7, 11) is 0. The van der Waals surface area contributed by atoms with E-state index in [-0.39, 0.29) is 12.2 Å². The molecule has 2 rings (SSSR count).